The van der Waals surface area contributed by atoms with Crippen molar-refractivity contribution in [2.24, 2.45) is 0 Å². The molecule has 1 N–H and O–H groups in total. The van der Waals surface area contributed by atoms with E-state index in [1.54, 1.807) is 14.2 Å². The number of benzene rings is 1. The monoisotopic (exact) mass is 415 g/mol. The molecule has 3 rings (SSSR count). The zero-order valence-corrected chi connectivity index (χ0v) is 17.8. The van der Waals surface area contributed by atoms with Crippen molar-refractivity contribution in [2.45, 2.75) is 45.1 Å². The molecule has 1 aromatic carbocycles. The second-order valence-corrected chi connectivity index (χ2v) is 7.52. The van der Waals surface area contributed by atoms with Crippen LogP contribution < -0.4 is 14.9 Å². The molecule has 0 aliphatic carbocycles. The van der Waals surface area contributed by atoms with Gasteiger partial charge in [-0.15, -0.1) is 0 Å². The highest BCUT2D eigenvalue weighted by molar-refractivity contribution is 5.87. The number of rotatable bonds is 10. The minimum Gasteiger partial charge on any atom is -0.493 e. The number of unbranched alkanes of at least 4 members (excludes halogenated alkanes) is 1. The van der Waals surface area contributed by atoms with Gasteiger partial charge in [-0.3, -0.25) is 4.79 Å². The molecule has 0 saturated carbocycles. The summed E-state index contributed by atoms with van der Waals surface area (Å²) in [4.78, 5) is 23.8. The van der Waals surface area contributed by atoms with Crippen LogP contribution in [0.5, 0.6) is 11.5 Å². The van der Waals surface area contributed by atoms with Crippen molar-refractivity contribution in [3.63, 3.8) is 0 Å². The smallest absolute Gasteiger partial charge is 0.341 e. The van der Waals surface area contributed by atoms with E-state index in [1.165, 1.54) is 12.3 Å². The van der Waals surface area contributed by atoms with Gasteiger partial charge in [0.15, 0.2) is 16.9 Å². The first-order valence-electron chi connectivity index (χ1n) is 10.3. The Labute approximate surface area is 176 Å². The summed E-state index contributed by atoms with van der Waals surface area (Å²) < 4.78 is 18.5. The Bertz CT molecular complexity index is 965. The number of hydrogen-bond donors (Lipinski definition) is 1. The van der Waals surface area contributed by atoms with Crippen LogP contribution in [0.25, 0.3) is 11.3 Å². The maximum atomic E-state index is 12.4. The molecule has 0 spiro atoms. The normalized spacial score (nSPS) is 14.7. The fourth-order valence-corrected chi connectivity index (χ4v) is 3.94. The van der Waals surface area contributed by atoms with Gasteiger partial charge in [0.2, 0.25) is 0 Å². The molecule has 0 bridgehead atoms. The van der Waals surface area contributed by atoms with E-state index in [0.29, 0.717) is 37.0 Å². The van der Waals surface area contributed by atoms with Crippen LogP contribution in [0.3, 0.4) is 0 Å². The van der Waals surface area contributed by atoms with E-state index in [9.17, 15) is 14.7 Å². The van der Waals surface area contributed by atoms with Gasteiger partial charge in [0, 0.05) is 50.4 Å². The Morgan fingerprint density at radius 2 is 1.97 bits per heavy atom. The molecule has 162 valence electrons. The van der Waals surface area contributed by atoms with Crippen LogP contribution in [0.4, 0.5) is 0 Å². The summed E-state index contributed by atoms with van der Waals surface area (Å²) in [6, 6.07) is 5.32. The summed E-state index contributed by atoms with van der Waals surface area (Å²) in [6.45, 7) is 3.91. The summed E-state index contributed by atoms with van der Waals surface area (Å²) in [6.07, 6.45) is 5.32. The third-order valence-electron chi connectivity index (χ3n) is 5.48. The van der Waals surface area contributed by atoms with E-state index in [0.717, 1.165) is 36.8 Å². The number of methoxy groups -OCH3 is 2. The number of carboxylic acid groups (broad SMARTS) is 1. The number of aromatic nitrogens is 1. The predicted molar refractivity (Wildman–Crippen MR) is 114 cm³/mol. The number of nitrogens with zero attached hydrogens (tertiary/aromatic N) is 1. The van der Waals surface area contributed by atoms with Gasteiger partial charge in [-0.05, 0) is 24.1 Å². The number of pyridine rings is 1. The van der Waals surface area contributed by atoms with Crippen LogP contribution in [0, 0.1) is 0 Å². The molecule has 0 saturated heterocycles. The standard InChI is InChI=1S/C23H29NO6/c1-4-5-7-15-13-24-14-18(23(26)27)20(25)12-19(24)17-11-21(29-3)22(10-16(15)17)30-9-6-8-28-2/h10-12,14-15H,4-9,13H2,1-3H3,(H,26,27). The minimum atomic E-state index is -1.21. The first-order chi connectivity index (χ1) is 14.5. The summed E-state index contributed by atoms with van der Waals surface area (Å²) in [5.74, 6) is 0.253. The number of carboxylic acids is 1. The summed E-state index contributed by atoms with van der Waals surface area (Å²) in [5.41, 5.74) is 2.00. The fourth-order valence-electron chi connectivity index (χ4n) is 3.94. The topological polar surface area (TPSA) is 87.0 Å². The van der Waals surface area contributed by atoms with Crippen LogP contribution in [-0.2, 0) is 11.3 Å². The molecular weight excluding hydrogens is 386 g/mol. The predicted octanol–water partition coefficient (Wildman–Crippen LogP) is 3.92. The van der Waals surface area contributed by atoms with Gasteiger partial charge in [0.05, 0.1) is 19.4 Å². The molecule has 1 aromatic heterocycles. The van der Waals surface area contributed by atoms with Gasteiger partial charge in [0.1, 0.15) is 5.56 Å². The van der Waals surface area contributed by atoms with Crippen molar-refractivity contribution < 1.29 is 24.1 Å². The summed E-state index contributed by atoms with van der Waals surface area (Å²) >= 11 is 0. The first kappa shape index (κ1) is 21.9. The molecule has 1 aliphatic heterocycles. The van der Waals surface area contributed by atoms with Crippen molar-refractivity contribution in [3.8, 4) is 22.8 Å². The average molecular weight is 415 g/mol. The van der Waals surface area contributed by atoms with Crippen molar-refractivity contribution in [1.82, 2.24) is 4.57 Å². The molecule has 0 amide bonds. The number of aromatic carboxylic acids is 1. The molecular formula is C23H29NO6. The SMILES string of the molecule is CCCCC1Cn2cc(C(=O)O)c(=O)cc2-c2cc(OC)c(OCCCOC)cc21. The Kier molecular flexibility index (Phi) is 7.15. The van der Waals surface area contributed by atoms with E-state index in [2.05, 4.69) is 6.92 Å². The second kappa shape index (κ2) is 9.80. The van der Waals surface area contributed by atoms with Crippen LogP contribution in [-0.4, -0.2) is 43.1 Å². The molecule has 30 heavy (non-hydrogen) atoms. The van der Waals surface area contributed by atoms with E-state index in [4.69, 9.17) is 14.2 Å². The highest BCUT2D eigenvalue weighted by atomic mass is 16.5. The Balaban J connectivity index is 2.08. The maximum Gasteiger partial charge on any atom is 0.341 e. The fraction of sp³-hybridized carbons (Fsp3) is 0.478. The zero-order chi connectivity index (χ0) is 21.7. The van der Waals surface area contributed by atoms with Crippen molar-refractivity contribution >= 4 is 5.97 Å². The van der Waals surface area contributed by atoms with E-state index >= 15 is 0 Å². The van der Waals surface area contributed by atoms with Crippen LogP contribution >= 0.6 is 0 Å². The Morgan fingerprint density at radius 1 is 1.17 bits per heavy atom. The molecule has 1 aliphatic rings. The van der Waals surface area contributed by atoms with Gasteiger partial charge in [-0.1, -0.05) is 19.8 Å². The van der Waals surface area contributed by atoms with E-state index in [1.807, 2.05) is 16.7 Å². The lowest BCUT2D eigenvalue weighted by molar-refractivity contribution is 0.0694. The lowest BCUT2D eigenvalue weighted by Gasteiger charge is -2.31. The lowest BCUT2D eigenvalue weighted by atomic mass is 9.85. The van der Waals surface area contributed by atoms with Crippen molar-refractivity contribution in [2.75, 3.05) is 27.4 Å². The number of ether oxygens (including phenoxy) is 3. The van der Waals surface area contributed by atoms with E-state index in [-0.39, 0.29) is 11.5 Å². The molecule has 7 heteroatoms. The third kappa shape index (κ3) is 4.51. The molecule has 7 nitrogen and oxygen atoms in total. The number of hydrogen-bond acceptors (Lipinski definition) is 5. The molecule has 1 atom stereocenters. The van der Waals surface area contributed by atoms with Gasteiger partial charge in [-0.2, -0.15) is 0 Å². The highest BCUT2D eigenvalue weighted by Crippen LogP contribution is 2.43. The van der Waals surface area contributed by atoms with Crippen LogP contribution in [0.15, 0.2) is 29.2 Å². The van der Waals surface area contributed by atoms with Gasteiger partial charge in [0.25, 0.3) is 0 Å². The second-order valence-electron chi connectivity index (χ2n) is 7.52. The lowest BCUT2D eigenvalue weighted by Crippen LogP contribution is -2.24. The van der Waals surface area contributed by atoms with Crippen LogP contribution in [0.1, 0.15) is 54.4 Å². The van der Waals surface area contributed by atoms with Gasteiger partial charge < -0.3 is 23.9 Å². The Morgan fingerprint density at radius 3 is 2.63 bits per heavy atom. The van der Waals surface area contributed by atoms with Crippen molar-refractivity contribution in [3.05, 3.63) is 45.7 Å². The van der Waals surface area contributed by atoms with Gasteiger partial charge in [-0.25, -0.2) is 4.79 Å². The molecule has 0 radical (unpaired) electrons. The molecule has 0 fully saturated rings. The molecule has 2 aromatic rings. The third-order valence-corrected chi connectivity index (χ3v) is 5.48. The number of carbonyl (C=O) groups is 1. The van der Waals surface area contributed by atoms with Gasteiger partial charge >= 0.3 is 5.97 Å². The minimum absolute atomic E-state index is 0.198. The quantitative estimate of drug-likeness (QED) is 0.592. The summed E-state index contributed by atoms with van der Waals surface area (Å²) in [7, 11) is 3.24. The van der Waals surface area contributed by atoms with Crippen LogP contribution in [0.2, 0.25) is 0 Å². The highest BCUT2D eigenvalue weighted by Gasteiger charge is 2.28. The van der Waals surface area contributed by atoms with Crippen molar-refractivity contribution in [1.29, 1.82) is 0 Å². The zero-order valence-electron chi connectivity index (χ0n) is 17.8. The average Bonchev–Trinajstić information content (AvgIpc) is 2.74. The maximum absolute atomic E-state index is 12.4. The molecule has 2 heterocycles. The molecule has 1 unspecified atom stereocenters. The Hall–Kier alpha value is -2.80. The van der Waals surface area contributed by atoms with E-state index < -0.39 is 11.4 Å². The largest absolute Gasteiger partial charge is 0.493 e. The summed E-state index contributed by atoms with van der Waals surface area (Å²) in [5, 5.41) is 9.35. The number of fused-ring (bicyclic) bond motifs is 3. The first-order valence-corrected chi connectivity index (χ1v) is 10.3.